The average molecular weight is 580 g/mol. The predicted octanol–water partition coefficient (Wildman–Crippen LogP) is -3.47. The minimum atomic E-state index is -1.10. The Bertz CT molecular complexity index is 1030. The van der Waals surface area contributed by atoms with Gasteiger partial charge in [0.2, 0.25) is 23.6 Å². The van der Waals surface area contributed by atoms with Gasteiger partial charge in [-0.25, -0.2) is 0 Å². The Labute approximate surface area is 238 Å². The molecule has 1 aromatic carbocycles. The first kappa shape index (κ1) is 34.0. The Morgan fingerprint density at radius 1 is 0.725 bits per heavy atom. The molecule has 0 fully saturated rings. The molecule has 0 bridgehead atoms. The first-order chi connectivity index (χ1) is 18.9. The third-order valence-electron chi connectivity index (χ3n) is 5.64. The second-order valence-corrected chi connectivity index (χ2v) is 9.33. The van der Waals surface area contributed by atoms with E-state index < -0.39 is 47.8 Å². The van der Waals surface area contributed by atoms with E-state index in [1.54, 1.807) is 24.3 Å². The number of carbonyl (C=O) groups is 4. The molecule has 0 saturated carbocycles. The molecule has 0 aromatic heterocycles. The smallest absolute Gasteiger partial charge is 0.243 e. The maximum Gasteiger partial charge on any atom is 0.243 e. The predicted molar refractivity (Wildman–Crippen MR) is 157 cm³/mol. The molecule has 0 saturated heterocycles. The van der Waals surface area contributed by atoms with Gasteiger partial charge >= 0.3 is 0 Å². The van der Waals surface area contributed by atoms with Crippen LogP contribution in [-0.4, -0.2) is 78.6 Å². The molecule has 0 aliphatic heterocycles. The monoisotopic (exact) mass is 579 g/mol. The normalized spacial score (nSPS) is 13.6. The third kappa shape index (κ3) is 13.7. The van der Waals surface area contributed by atoms with E-state index in [1.165, 1.54) is 0 Å². The number of nitrogens with two attached hydrogens (primary N) is 6. The van der Waals surface area contributed by atoms with Gasteiger partial charge in [0.05, 0.1) is 6.04 Å². The van der Waals surface area contributed by atoms with Gasteiger partial charge in [-0.15, -0.1) is 0 Å². The van der Waals surface area contributed by atoms with Gasteiger partial charge < -0.3 is 50.4 Å². The Morgan fingerprint density at radius 3 is 1.75 bits per heavy atom. The van der Waals surface area contributed by atoms with Gasteiger partial charge in [-0.2, -0.15) is 12.6 Å². The van der Waals surface area contributed by atoms with Crippen molar-refractivity contribution in [3.05, 3.63) is 35.9 Å². The number of nitrogens with zero attached hydrogens (tertiary/aromatic N) is 2. The van der Waals surface area contributed by atoms with Crippen molar-refractivity contribution in [1.82, 2.24) is 16.0 Å². The Kier molecular flexibility index (Phi) is 15.5. The zero-order valence-corrected chi connectivity index (χ0v) is 23.2. The molecule has 16 heteroatoms. The number of amides is 4. The molecule has 1 aromatic rings. The molecule has 4 amide bonds. The molecule has 0 aliphatic rings. The number of nitrogens with one attached hydrogen (secondary N) is 3. The second-order valence-electron chi connectivity index (χ2n) is 8.96. The van der Waals surface area contributed by atoms with Crippen LogP contribution in [0.5, 0.6) is 0 Å². The zero-order chi connectivity index (χ0) is 30.1. The minimum absolute atomic E-state index is 0.0301. The number of guanidine groups is 2. The standard InChI is InChI=1S/C24H41N11O4S/c25-15(8-4-10-31-23(27)28)20(37)33-16(9-5-11-32-24(29)30)21(38)34-17(12-14-6-2-1-3-7-14)22(39)35-18(13-40)19(26)36/h1-3,6-7,15-18,40H,4-5,8-13,25H2,(H2,26,36)(H,33,37)(H,34,38)(H,35,39)(H4,27,28,31)(H4,29,30,32)/t15-,16-,17-,18-/m0/s1. The van der Waals surface area contributed by atoms with Crippen LogP contribution >= 0.6 is 12.6 Å². The van der Waals surface area contributed by atoms with E-state index in [-0.39, 0.29) is 43.5 Å². The summed E-state index contributed by atoms with van der Waals surface area (Å²) in [6, 6.07) is 4.81. The number of rotatable bonds is 18. The summed E-state index contributed by atoms with van der Waals surface area (Å²) < 4.78 is 0. The summed E-state index contributed by atoms with van der Waals surface area (Å²) in [7, 11) is 0. The van der Waals surface area contributed by atoms with Crippen molar-refractivity contribution in [2.24, 2.45) is 44.4 Å². The van der Waals surface area contributed by atoms with Gasteiger partial charge in [0.1, 0.15) is 18.1 Å². The van der Waals surface area contributed by atoms with Crippen LogP contribution in [0.3, 0.4) is 0 Å². The zero-order valence-electron chi connectivity index (χ0n) is 22.3. The lowest BCUT2D eigenvalue weighted by atomic mass is 10.0. The summed E-state index contributed by atoms with van der Waals surface area (Å²) in [4.78, 5) is 58.6. The van der Waals surface area contributed by atoms with Crippen LogP contribution in [0.1, 0.15) is 31.2 Å². The molecule has 1 rings (SSSR count). The molecule has 40 heavy (non-hydrogen) atoms. The Morgan fingerprint density at radius 2 is 1.23 bits per heavy atom. The summed E-state index contributed by atoms with van der Waals surface area (Å²) in [6.45, 7) is 0.503. The molecule has 0 heterocycles. The minimum Gasteiger partial charge on any atom is -0.370 e. The fourth-order valence-electron chi connectivity index (χ4n) is 3.51. The van der Waals surface area contributed by atoms with E-state index in [2.05, 4.69) is 38.6 Å². The van der Waals surface area contributed by atoms with Crippen molar-refractivity contribution in [2.45, 2.75) is 56.3 Å². The summed E-state index contributed by atoms with van der Waals surface area (Å²) in [5, 5.41) is 7.83. The number of primary amides is 1. The number of hydrogen-bond acceptors (Lipinski definition) is 8. The SMILES string of the molecule is NC(=O)[C@H](CS)NC(=O)[C@H](Cc1ccccc1)NC(=O)[C@H](CCCN=C(N)N)NC(=O)[C@@H](N)CCCN=C(N)N. The van der Waals surface area contributed by atoms with Gasteiger partial charge in [0.25, 0.3) is 0 Å². The van der Waals surface area contributed by atoms with E-state index in [4.69, 9.17) is 34.4 Å². The molecule has 0 spiro atoms. The van der Waals surface area contributed by atoms with Gasteiger partial charge in [0.15, 0.2) is 11.9 Å². The van der Waals surface area contributed by atoms with E-state index in [9.17, 15) is 19.2 Å². The van der Waals surface area contributed by atoms with Crippen molar-refractivity contribution in [1.29, 1.82) is 0 Å². The van der Waals surface area contributed by atoms with Crippen molar-refractivity contribution in [3.63, 3.8) is 0 Å². The molecule has 15 N–H and O–H groups in total. The van der Waals surface area contributed by atoms with Gasteiger partial charge in [0, 0.05) is 25.3 Å². The molecule has 15 nitrogen and oxygen atoms in total. The van der Waals surface area contributed by atoms with E-state index in [0.29, 0.717) is 19.4 Å². The lowest BCUT2D eigenvalue weighted by molar-refractivity contribution is -0.133. The number of aliphatic imine (C=N–C) groups is 2. The van der Waals surface area contributed by atoms with Crippen LogP contribution in [-0.2, 0) is 25.6 Å². The second kappa shape index (κ2) is 18.3. The number of thiol groups is 1. The van der Waals surface area contributed by atoms with Crippen LogP contribution in [0.4, 0.5) is 0 Å². The van der Waals surface area contributed by atoms with Crippen LogP contribution in [0.15, 0.2) is 40.3 Å². The van der Waals surface area contributed by atoms with Crippen molar-refractivity contribution in [2.75, 3.05) is 18.8 Å². The fraction of sp³-hybridized carbons (Fsp3) is 0.500. The van der Waals surface area contributed by atoms with Crippen LogP contribution < -0.4 is 50.4 Å². The first-order valence-electron chi connectivity index (χ1n) is 12.7. The topological polar surface area (TPSA) is 285 Å². The molecule has 0 radical (unpaired) electrons. The largest absolute Gasteiger partial charge is 0.370 e. The molecule has 0 unspecified atom stereocenters. The third-order valence-corrected chi connectivity index (χ3v) is 6.01. The van der Waals surface area contributed by atoms with Crippen molar-refractivity contribution in [3.8, 4) is 0 Å². The highest BCUT2D eigenvalue weighted by molar-refractivity contribution is 7.80. The molecular weight excluding hydrogens is 538 g/mol. The fourth-order valence-corrected chi connectivity index (χ4v) is 3.78. The molecule has 4 atom stereocenters. The van der Waals surface area contributed by atoms with Crippen LogP contribution in [0, 0.1) is 0 Å². The highest BCUT2D eigenvalue weighted by Gasteiger charge is 2.29. The molecule has 0 aliphatic carbocycles. The first-order valence-corrected chi connectivity index (χ1v) is 13.3. The Hall–Kier alpha value is -4.05. The maximum atomic E-state index is 13.4. The lowest BCUT2D eigenvalue weighted by Gasteiger charge is -2.25. The molecular formula is C24H41N11O4S. The van der Waals surface area contributed by atoms with Gasteiger partial charge in [-0.3, -0.25) is 29.2 Å². The number of benzene rings is 1. The van der Waals surface area contributed by atoms with E-state index in [1.807, 2.05) is 6.07 Å². The summed E-state index contributed by atoms with van der Waals surface area (Å²) >= 11 is 4.05. The quantitative estimate of drug-likeness (QED) is 0.0357. The number of hydrogen-bond donors (Lipinski definition) is 10. The summed E-state index contributed by atoms with van der Waals surface area (Å²) in [5.41, 5.74) is 33.4. The number of carbonyl (C=O) groups excluding carboxylic acids is 4. The highest BCUT2D eigenvalue weighted by atomic mass is 32.1. The summed E-state index contributed by atoms with van der Waals surface area (Å²) in [5.74, 6) is -2.83. The van der Waals surface area contributed by atoms with Crippen molar-refractivity contribution >= 4 is 48.2 Å². The van der Waals surface area contributed by atoms with Gasteiger partial charge in [-0.1, -0.05) is 30.3 Å². The maximum absolute atomic E-state index is 13.4. The average Bonchev–Trinajstić information content (AvgIpc) is 2.90. The molecule has 222 valence electrons. The Balaban J connectivity index is 3.06. The van der Waals surface area contributed by atoms with E-state index in [0.717, 1.165) is 5.56 Å². The highest BCUT2D eigenvalue weighted by Crippen LogP contribution is 2.07. The van der Waals surface area contributed by atoms with Crippen LogP contribution in [0.2, 0.25) is 0 Å². The van der Waals surface area contributed by atoms with Crippen molar-refractivity contribution < 1.29 is 19.2 Å². The lowest BCUT2D eigenvalue weighted by Crippen LogP contribution is -2.58. The summed E-state index contributed by atoms with van der Waals surface area (Å²) in [6.07, 6.45) is 1.31. The van der Waals surface area contributed by atoms with E-state index >= 15 is 0 Å². The van der Waals surface area contributed by atoms with Gasteiger partial charge in [-0.05, 0) is 31.2 Å². The van der Waals surface area contributed by atoms with Crippen LogP contribution in [0.25, 0.3) is 0 Å².